The SMILES string of the molecule is COc1cccc(C(=O)O[C@H](C(=O)O)[C@@H](OC(=O)c2cccc(OC)c2)C(=O)NNC(=O)c2ccc(NC(C)=O)cc2)c1. The molecule has 3 rings (SSSR count). The van der Waals surface area contributed by atoms with Crippen LogP contribution < -0.4 is 25.6 Å². The van der Waals surface area contributed by atoms with Gasteiger partial charge in [-0.2, -0.15) is 0 Å². The average molecular weight is 594 g/mol. The molecule has 3 aromatic carbocycles. The zero-order chi connectivity index (χ0) is 31.5. The monoisotopic (exact) mass is 593 g/mol. The number of rotatable bonds is 11. The van der Waals surface area contributed by atoms with E-state index in [4.69, 9.17) is 18.9 Å². The van der Waals surface area contributed by atoms with Gasteiger partial charge in [-0.25, -0.2) is 14.4 Å². The molecule has 2 atom stereocenters. The lowest BCUT2D eigenvalue weighted by molar-refractivity contribution is -0.159. The van der Waals surface area contributed by atoms with Gasteiger partial charge in [-0.15, -0.1) is 0 Å². The van der Waals surface area contributed by atoms with Crippen LogP contribution in [0.1, 0.15) is 38.0 Å². The van der Waals surface area contributed by atoms with Crippen LogP contribution in [0.15, 0.2) is 72.8 Å². The highest BCUT2D eigenvalue weighted by Gasteiger charge is 2.41. The van der Waals surface area contributed by atoms with Crippen molar-refractivity contribution in [3.05, 3.63) is 89.5 Å². The van der Waals surface area contributed by atoms with Crippen LogP contribution >= 0.6 is 0 Å². The van der Waals surface area contributed by atoms with Crippen molar-refractivity contribution in [1.29, 1.82) is 0 Å². The highest BCUT2D eigenvalue weighted by molar-refractivity contribution is 5.99. The minimum absolute atomic E-state index is 0.0542. The molecule has 4 N–H and O–H groups in total. The summed E-state index contributed by atoms with van der Waals surface area (Å²) in [5, 5.41) is 12.4. The Morgan fingerprint density at radius 1 is 0.674 bits per heavy atom. The maximum atomic E-state index is 13.2. The number of carbonyl (C=O) groups excluding carboxylic acids is 5. The predicted molar refractivity (Wildman–Crippen MR) is 148 cm³/mol. The van der Waals surface area contributed by atoms with E-state index < -0.39 is 41.9 Å². The number of carboxylic acids is 1. The Labute approximate surface area is 244 Å². The Morgan fingerprint density at radius 3 is 1.65 bits per heavy atom. The number of methoxy groups -OCH3 is 2. The molecule has 3 amide bonds. The minimum atomic E-state index is -2.35. The van der Waals surface area contributed by atoms with E-state index in [1.807, 2.05) is 5.43 Å². The number of aliphatic carboxylic acids is 1. The fraction of sp³-hybridized carbons (Fsp3) is 0.172. The molecule has 0 saturated heterocycles. The topological polar surface area (TPSA) is 196 Å². The summed E-state index contributed by atoms with van der Waals surface area (Å²) >= 11 is 0. The second-order valence-corrected chi connectivity index (χ2v) is 8.66. The molecule has 0 spiro atoms. The van der Waals surface area contributed by atoms with Gasteiger partial charge in [0.25, 0.3) is 11.8 Å². The Balaban J connectivity index is 1.84. The Bertz CT molecular complexity index is 1520. The van der Waals surface area contributed by atoms with Crippen LogP contribution in [0.3, 0.4) is 0 Å². The van der Waals surface area contributed by atoms with Crippen LogP contribution in [0.2, 0.25) is 0 Å². The van der Waals surface area contributed by atoms with Crippen molar-refractivity contribution in [1.82, 2.24) is 10.9 Å². The number of benzene rings is 3. The molecule has 0 unspecified atom stereocenters. The highest BCUT2D eigenvalue weighted by Crippen LogP contribution is 2.18. The average Bonchev–Trinajstić information content (AvgIpc) is 3.01. The van der Waals surface area contributed by atoms with E-state index in [1.54, 1.807) is 0 Å². The lowest BCUT2D eigenvalue weighted by Crippen LogP contribution is -2.54. The van der Waals surface area contributed by atoms with Gasteiger partial charge in [0, 0.05) is 18.2 Å². The summed E-state index contributed by atoms with van der Waals surface area (Å²) in [6, 6.07) is 16.8. The third-order valence-corrected chi connectivity index (χ3v) is 5.62. The first kappa shape index (κ1) is 31.6. The van der Waals surface area contributed by atoms with Crippen molar-refractivity contribution >= 4 is 41.3 Å². The molecule has 0 aliphatic carbocycles. The van der Waals surface area contributed by atoms with E-state index in [9.17, 15) is 33.9 Å². The van der Waals surface area contributed by atoms with Crippen molar-refractivity contribution in [3.63, 3.8) is 0 Å². The number of ether oxygens (including phenoxy) is 4. The number of hydrazine groups is 1. The zero-order valence-corrected chi connectivity index (χ0v) is 23.1. The molecule has 0 fully saturated rings. The summed E-state index contributed by atoms with van der Waals surface area (Å²) in [7, 11) is 2.71. The van der Waals surface area contributed by atoms with Gasteiger partial charge in [0.2, 0.25) is 18.1 Å². The van der Waals surface area contributed by atoms with Gasteiger partial charge in [0.05, 0.1) is 25.3 Å². The van der Waals surface area contributed by atoms with E-state index in [2.05, 4.69) is 10.7 Å². The summed E-state index contributed by atoms with van der Waals surface area (Å²) < 4.78 is 20.4. The first-order valence-corrected chi connectivity index (χ1v) is 12.4. The van der Waals surface area contributed by atoms with Crippen molar-refractivity contribution in [3.8, 4) is 11.5 Å². The van der Waals surface area contributed by atoms with Crippen LogP contribution in [-0.2, 0) is 23.9 Å². The van der Waals surface area contributed by atoms with Gasteiger partial charge in [-0.3, -0.25) is 25.2 Å². The quantitative estimate of drug-likeness (QED) is 0.187. The molecular weight excluding hydrogens is 566 g/mol. The number of anilines is 1. The highest BCUT2D eigenvalue weighted by atomic mass is 16.6. The molecule has 0 radical (unpaired) electrons. The fourth-order valence-electron chi connectivity index (χ4n) is 3.53. The van der Waals surface area contributed by atoms with E-state index in [0.29, 0.717) is 5.69 Å². The van der Waals surface area contributed by atoms with Crippen molar-refractivity contribution in [2.24, 2.45) is 0 Å². The molecule has 0 saturated carbocycles. The second-order valence-electron chi connectivity index (χ2n) is 8.66. The molecule has 0 aliphatic heterocycles. The maximum absolute atomic E-state index is 13.2. The number of esters is 2. The predicted octanol–water partition coefficient (Wildman–Crippen LogP) is 1.96. The summed E-state index contributed by atoms with van der Waals surface area (Å²) in [4.78, 5) is 74.9. The van der Waals surface area contributed by atoms with E-state index in [0.717, 1.165) is 0 Å². The van der Waals surface area contributed by atoms with Gasteiger partial charge in [0.15, 0.2) is 0 Å². The number of nitrogens with one attached hydrogen (secondary N) is 3. The maximum Gasteiger partial charge on any atom is 0.349 e. The molecule has 3 aromatic rings. The number of carbonyl (C=O) groups is 6. The van der Waals surface area contributed by atoms with Gasteiger partial charge < -0.3 is 29.4 Å². The van der Waals surface area contributed by atoms with Gasteiger partial charge >= 0.3 is 17.9 Å². The lowest BCUT2D eigenvalue weighted by atomic mass is 10.1. The Hall–Kier alpha value is -5.92. The molecule has 0 heterocycles. The van der Waals surface area contributed by atoms with E-state index >= 15 is 0 Å². The van der Waals surface area contributed by atoms with Crippen molar-refractivity contribution < 1.29 is 52.8 Å². The number of hydrogen-bond donors (Lipinski definition) is 4. The fourth-order valence-corrected chi connectivity index (χ4v) is 3.53. The Morgan fingerprint density at radius 2 is 1.19 bits per heavy atom. The molecule has 0 bridgehead atoms. The lowest BCUT2D eigenvalue weighted by Gasteiger charge is -2.23. The summed E-state index contributed by atoms with van der Waals surface area (Å²) in [6.45, 7) is 1.31. The number of carboxylic acid groups (broad SMARTS) is 1. The standard InChI is InChI=1S/C29H27N3O11/c1-16(33)30-20-12-10-17(11-13-20)25(34)31-32-26(35)23(42-28(38)18-6-4-8-21(14-18)40-2)24(27(36)37)43-29(39)19-7-5-9-22(15-19)41-3/h4-15,23-24H,1-3H3,(H,30,33)(H,31,34)(H,32,35)(H,36,37)/t23-,24+/m1/s1. The molecule has 0 aliphatic rings. The summed E-state index contributed by atoms with van der Waals surface area (Å²) in [5.74, 6) is -6.08. The molecule has 14 heteroatoms. The first-order valence-electron chi connectivity index (χ1n) is 12.4. The smallest absolute Gasteiger partial charge is 0.349 e. The molecular formula is C29H27N3O11. The first-order chi connectivity index (χ1) is 20.5. The van der Waals surface area contributed by atoms with Crippen molar-refractivity contribution in [2.45, 2.75) is 19.1 Å². The molecule has 0 aromatic heterocycles. The van der Waals surface area contributed by atoms with Gasteiger partial charge in [0.1, 0.15) is 11.5 Å². The zero-order valence-electron chi connectivity index (χ0n) is 23.1. The molecule has 43 heavy (non-hydrogen) atoms. The van der Waals surface area contributed by atoms with Crippen LogP contribution in [-0.4, -0.2) is 67.2 Å². The second kappa shape index (κ2) is 14.6. The minimum Gasteiger partial charge on any atom is -0.497 e. The summed E-state index contributed by atoms with van der Waals surface area (Å²) in [5.41, 5.74) is 4.32. The normalized spacial score (nSPS) is 11.6. The van der Waals surface area contributed by atoms with Gasteiger partial charge in [-0.05, 0) is 60.7 Å². The summed E-state index contributed by atoms with van der Waals surface area (Å²) in [6.07, 6.45) is -4.62. The van der Waals surface area contributed by atoms with Crippen LogP contribution in [0.4, 0.5) is 5.69 Å². The largest absolute Gasteiger partial charge is 0.497 e. The molecule has 14 nitrogen and oxygen atoms in total. The third kappa shape index (κ3) is 8.78. The Kier molecular flexibility index (Phi) is 10.8. The van der Waals surface area contributed by atoms with Crippen LogP contribution in [0.25, 0.3) is 0 Å². The number of hydrogen-bond acceptors (Lipinski definition) is 10. The van der Waals surface area contributed by atoms with E-state index in [-0.39, 0.29) is 34.1 Å². The van der Waals surface area contributed by atoms with Gasteiger partial charge in [-0.1, -0.05) is 12.1 Å². The molecule has 224 valence electrons. The third-order valence-electron chi connectivity index (χ3n) is 5.62. The van der Waals surface area contributed by atoms with E-state index in [1.165, 1.54) is 93.9 Å². The number of amides is 3. The van der Waals surface area contributed by atoms with Crippen molar-refractivity contribution in [2.75, 3.05) is 19.5 Å². The van der Waals surface area contributed by atoms with Crippen LogP contribution in [0, 0.1) is 0 Å². The van der Waals surface area contributed by atoms with Crippen LogP contribution in [0.5, 0.6) is 11.5 Å².